The van der Waals surface area contributed by atoms with E-state index in [0.717, 1.165) is 24.9 Å². The fourth-order valence-electron chi connectivity index (χ4n) is 3.04. The number of carbonyl (C=O) groups is 1. The van der Waals surface area contributed by atoms with Gasteiger partial charge in [0.1, 0.15) is 0 Å². The molecule has 1 saturated heterocycles. The van der Waals surface area contributed by atoms with E-state index in [0.29, 0.717) is 13.1 Å². The summed E-state index contributed by atoms with van der Waals surface area (Å²) in [7, 11) is 0. The molecule has 1 aliphatic carbocycles. The quantitative estimate of drug-likeness (QED) is 0.758. The first-order chi connectivity index (χ1) is 9.62. The molecule has 4 nitrogen and oxygen atoms in total. The van der Waals surface area contributed by atoms with Gasteiger partial charge in [0, 0.05) is 25.6 Å². The summed E-state index contributed by atoms with van der Waals surface area (Å²) in [6.07, 6.45) is 1.51. The molecule has 2 atom stereocenters. The summed E-state index contributed by atoms with van der Waals surface area (Å²) in [5, 5.41) is 15.9. The zero-order chi connectivity index (χ0) is 14.2. The predicted octanol–water partition coefficient (Wildman–Crippen LogP) is 0.723. The van der Waals surface area contributed by atoms with Gasteiger partial charge in [-0.05, 0) is 25.3 Å². The number of aliphatic hydroxyl groups is 1. The maximum atomic E-state index is 12.5. The van der Waals surface area contributed by atoms with E-state index in [4.69, 9.17) is 0 Å². The number of hydrogen-bond donors (Lipinski definition) is 3. The van der Waals surface area contributed by atoms with Crippen molar-refractivity contribution in [2.45, 2.75) is 31.3 Å². The molecule has 2 aliphatic rings. The monoisotopic (exact) mass is 274 g/mol. The molecule has 4 heteroatoms. The molecular formula is C16H22N2O2. The van der Waals surface area contributed by atoms with Crippen LogP contribution < -0.4 is 10.6 Å². The Hall–Kier alpha value is -1.39. The van der Waals surface area contributed by atoms with Crippen molar-refractivity contribution in [2.75, 3.05) is 19.6 Å². The third kappa shape index (κ3) is 2.45. The fraction of sp³-hybridized carbons (Fsp3) is 0.562. The Balaban J connectivity index is 1.64. The average molecular weight is 274 g/mol. The number of rotatable bonds is 4. The predicted molar refractivity (Wildman–Crippen MR) is 77.5 cm³/mol. The summed E-state index contributed by atoms with van der Waals surface area (Å²) in [6, 6.07) is 8.23. The lowest BCUT2D eigenvalue weighted by Crippen LogP contribution is -2.40. The molecule has 1 aliphatic heterocycles. The minimum Gasteiger partial charge on any atom is -0.391 e. The highest BCUT2D eigenvalue weighted by Crippen LogP contribution is 2.48. The number of aryl methyl sites for hydroxylation is 1. The second kappa shape index (κ2) is 5.19. The van der Waals surface area contributed by atoms with E-state index in [9.17, 15) is 9.90 Å². The number of amides is 1. The van der Waals surface area contributed by atoms with Gasteiger partial charge in [0.25, 0.3) is 0 Å². The minimum absolute atomic E-state index is 0.113. The van der Waals surface area contributed by atoms with E-state index < -0.39 is 0 Å². The van der Waals surface area contributed by atoms with Crippen molar-refractivity contribution in [3.05, 3.63) is 35.4 Å². The first kappa shape index (κ1) is 13.6. The van der Waals surface area contributed by atoms with Gasteiger partial charge in [0.05, 0.1) is 11.5 Å². The maximum Gasteiger partial charge on any atom is 0.230 e. The summed E-state index contributed by atoms with van der Waals surface area (Å²) in [6.45, 7) is 4.01. The molecule has 2 unspecified atom stereocenters. The highest BCUT2D eigenvalue weighted by atomic mass is 16.3. The van der Waals surface area contributed by atoms with Gasteiger partial charge in [-0.15, -0.1) is 0 Å². The molecule has 108 valence electrons. The van der Waals surface area contributed by atoms with Gasteiger partial charge in [0.2, 0.25) is 5.91 Å². The summed E-state index contributed by atoms with van der Waals surface area (Å²) in [4.78, 5) is 12.5. The second-order valence-electron chi connectivity index (χ2n) is 6.15. The third-order valence-corrected chi connectivity index (χ3v) is 4.58. The summed E-state index contributed by atoms with van der Waals surface area (Å²) in [5.74, 6) is 0.245. The van der Waals surface area contributed by atoms with Gasteiger partial charge in [-0.1, -0.05) is 29.8 Å². The fourth-order valence-corrected chi connectivity index (χ4v) is 3.04. The first-order valence-corrected chi connectivity index (χ1v) is 7.36. The summed E-state index contributed by atoms with van der Waals surface area (Å²) < 4.78 is 0. The van der Waals surface area contributed by atoms with Crippen LogP contribution in [0.4, 0.5) is 0 Å². The minimum atomic E-state index is -0.343. The van der Waals surface area contributed by atoms with E-state index >= 15 is 0 Å². The Morgan fingerprint density at radius 2 is 2.25 bits per heavy atom. The van der Waals surface area contributed by atoms with Gasteiger partial charge in [-0.3, -0.25) is 4.79 Å². The zero-order valence-corrected chi connectivity index (χ0v) is 11.9. The van der Waals surface area contributed by atoms with Crippen LogP contribution in [0.25, 0.3) is 0 Å². The molecule has 3 rings (SSSR count). The second-order valence-corrected chi connectivity index (χ2v) is 6.15. The van der Waals surface area contributed by atoms with E-state index in [1.165, 1.54) is 5.56 Å². The average Bonchev–Trinajstić information content (AvgIpc) is 3.15. The Morgan fingerprint density at radius 1 is 1.45 bits per heavy atom. The van der Waals surface area contributed by atoms with Crippen molar-refractivity contribution in [3.8, 4) is 0 Å². The number of carbonyl (C=O) groups excluding carboxylic acids is 1. The Labute approximate surface area is 119 Å². The van der Waals surface area contributed by atoms with Crippen LogP contribution in [-0.4, -0.2) is 36.8 Å². The van der Waals surface area contributed by atoms with Crippen molar-refractivity contribution in [2.24, 2.45) is 5.92 Å². The van der Waals surface area contributed by atoms with Gasteiger partial charge in [-0.25, -0.2) is 0 Å². The number of nitrogens with one attached hydrogen (secondary N) is 2. The molecule has 1 amide bonds. The third-order valence-electron chi connectivity index (χ3n) is 4.58. The normalized spacial score (nSPS) is 27.3. The van der Waals surface area contributed by atoms with Crippen molar-refractivity contribution in [1.29, 1.82) is 0 Å². The molecule has 1 aromatic carbocycles. The SMILES string of the molecule is Cc1cccc(C2(C(=O)NCC3CNCC3O)CC2)c1. The van der Waals surface area contributed by atoms with Crippen LogP contribution in [0.2, 0.25) is 0 Å². The summed E-state index contributed by atoms with van der Waals surface area (Å²) in [5.41, 5.74) is 2.00. The van der Waals surface area contributed by atoms with Crippen LogP contribution >= 0.6 is 0 Å². The van der Waals surface area contributed by atoms with E-state index in [1.54, 1.807) is 0 Å². The standard InChI is InChI=1S/C16H22N2O2/c1-11-3-2-4-13(7-11)16(5-6-16)15(20)18-9-12-8-17-10-14(12)19/h2-4,7,12,14,17,19H,5-6,8-10H2,1H3,(H,18,20). The van der Waals surface area contributed by atoms with Crippen molar-refractivity contribution in [1.82, 2.24) is 10.6 Å². The highest BCUT2D eigenvalue weighted by molar-refractivity contribution is 5.91. The van der Waals surface area contributed by atoms with Crippen LogP contribution in [0.1, 0.15) is 24.0 Å². The molecule has 0 bridgehead atoms. The van der Waals surface area contributed by atoms with Crippen molar-refractivity contribution in [3.63, 3.8) is 0 Å². The molecule has 0 aromatic heterocycles. The summed E-state index contributed by atoms with van der Waals surface area (Å²) >= 11 is 0. The number of β-amino-alcohol motifs (C(OH)–C–C–N with tert-alkyl or cyclic N) is 1. The zero-order valence-electron chi connectivity index (χ0n) is 11.9. The molecule has 1 heterocycles. The van der Waals surface area contributed by atoms with Gasteiger partial charge in [0.15, 0.2) is 0 Å². The lowest BCUT2D eigenvalue weighted by Gasteiger charge is -2.19. The van der Waals surface area contributed by atoms with Crippen molar-refractivity contribution < 1.29 is 9.90 Å². The first-order valence-electron chi connectivity index (χ1n) is 7.36. The molecule has 2 fully saturated rings. The Morgan fingerprint density at radius 3 is 2.85 bits per heavy atom. The molecular weight excluding hydrogens is 252 g/mol. The van der Waals surface area contributed by atoms with Crippen LogP contribution in [0, 0.1) is 12.8 Å². The van der Waals surface area contributed by atoms with Crippen molar-refractivity contribution >= 4 is 5.91 Å². The van der Waals surface area contributed by atoms with Crippen LogP contribution in [0.3, 0.4) is 0 Å². The molecule has 1 aromatic rings. The number of aliphatic hydroxyl groups excluding tert-OH is 1. The van der Waals surface area contributed by atoms with E-state index in [-0.39, 0.29) is 23.3 Å². The van der Waals surface area contributed by atoms with Crippen LogP contribution in [0.5, 0.6) is 0 Å². The molecule has 1 saturated carbocycles. The van der Waals surface area contributed by atoms with E-state index in [1.807, 2.05) is 12.1 Å². The van der Waals surface area contributed by atoms with Gasteiger partial charge in [-0.2, -0.15) is 0 Å². The van der Waals surface area contributed by atoms with Gasteiger partial charge < -0.3 is 15.7 Å². The smallest absolute Gasteiger partial charge is 0.230 e. The van der Waals surface area contributed by atoms with Gasteiger partial charge >= 0.3 is 0 Å². The Bertz CT molecular complexity index is 511. The Kier molecular flexibility index (Phi) is 3.52. The van der Waals surface area contributed by atoms with Crippen LogP contribution in [0.15, 0.2) is 24.3 Å². The lowest BCUT2D eigenvalue weighted by molar-refractivity contribution is -0.123. The number of hydrogen-bond acceptors (Lipinski definition) is 3. The largest absolute Gasteiger partial charge is 0.391 e. The molecule has 0 spiro atoms. The highest BCUT2D eigenvalue weighted by Gasteiger charge is 2.51. The maximum absolute atomic E-state index is 12.5. The molecule has 20 heavy (non-hydrogen) atoms. The molecule has 0 radical (unpaired) electrons. The van der Waals surface area contributed by atoms with Crippen LogP contribution in [-0.2, 0) is 10.2 Å². The lowest BCUT2D eigenvalue weighted by atomic mass is 9.93. The molecule has 3 N–H and O–H groups in total. The number of benzene rings is 1. The van der Waals surface area contributed by atoms with E-state index in [2.05, 4.69) is 29.7 Å². The topological polar surface area (TPSA) is 61.4 Å².